The second-order valence-electron chi connectivity index (χ2n) is 6.47. The van der Waals surface area contributed by atoms with E-state index in [-0.39, 0.29) is 11.3 Å². The molecule has 0 radical (unpaired) electrons. The first-order valence-corrected chi connectivity index (χ1v) is 7.94. The largest absolute Gasteiger partial charge is 0.381 e. The van der Waals surface area contributed by atoms with Crippen molar-refractivity contribution in [2.24, 2.45) is 5.41 Å². The van der Waals surface area contributed by atoms with Crippen LogP contribution in [0, 0.1) is 12.3 Å². The van der Waals surface area contributed by atoms with Gasteiger partial charge in [-0.25, -0.2) is 0 Å². The highest BCUT2D eigenvalue weighted by atomic mass is 16.5. The second kappa shape index (κ2) is 5.45. The van der Waals surface area contributed by atoms with Crippen LogP contribution in [0.15, 0.2) is 28.8 Å². The lowest BCUT2D eigenvalue weighted by atomic mass is 9.87. The van der Waals surface area contributed by atoms with E-state index in [0.29, 0.717) is 22.8 Å². The fourth-order valence-corrected chi connectivity index (χ4v) is 3.51. The second-order valence-corrected chi connectivity index (χ2v) is 6.47. The average molecular weight is 313 g/mol. The van der Waals surface area contributed by atoms with Gasteiger partial charge in [0, 0.05) is 25.1 Å². The minimum atomic E-state index is 0.0280. The Bertz CT molecular complexity index is 734. The van der Waals surface area contributed by atoms with Crippen LogP contribution in [-0.4, -0.2) is 47.3 Å². The third-order valence-corrected chi connectivity index (χ3v) is 4.83. The van der Waals surface area contributed by atoms with Crippen molar-refractivity contribution in [1.82, 2.24) is 15.0 Å². The summed E-state index contributed by atoms with van der Waals surface area (Å²) in [5.41, 5.74) is 1.47. The fraction of sp³-hybridized carbons (Fsp3) is 0.471. The van der Waals surface area contributed by atoms with Gasteiger partial charge in [-0.3, -0.25) is 4.79 Å². The molecule has 0 saturated carbocycles. The van der Waals surface area contributed by atoms with Gasteiger partial charge in [0.05, 0.1) is 17.7 Å². The lowest BCUT2D eigenvalue weighted by Gasteiger charge is -2.22. The minimum Gasteiger partial charge on any atom is -0.381 e. The smallest absolute Gasteiger partial charge is 0.258 e. The average Bonchev–Trinajstić information content (AvgIpc) is 3.30. The Labute approximate surface area is 134 Å². The molecule has 2 aliphatic heterocycles. The standard InChI is InChI=1S/C17H19N3O3/c1-12-18-15(23-19-12)13-4-2-3-5-14(13)16(21)20-8-6-17(10-20)7-9-22-11-17/h2-5H,6-11H2,1H3/t17-/m0/s1. The van der Waals surface area contributed by atoms with Crippen LogP contribution >= 0.6 is 0 Å². The number of likely N-dealkylation sites (tertiary alicyclic amines) is 1. The van der Waals surface area contributed by atoms with E-state index in [9.17, 15) is 4.79 Å². The molecule has 23 heavy (non-hydrogen) atoms. The molecule has 120 valence electrons. The van der Waals surface area contributed by atoms with Crippen LogP contribution in [-0.2, 0) is 4.74 Å². The summed E-state index contributed by atoms with van der Waals surface area (Å²) < 4.78 is 10.8. The Morgan fingerprint density at radius 2 is 2.17 bits per heavy atom. The van der Waals surface area contributed by atoms with E-state index in [1.165, 1.54) is 0 Å². The first kappa shape index (κ1) is 14.4. The lowest BCUT2D eigenvalue weighted by Crippen LogP contribution is -2.32. The van der Waals surface area contributed by atoms with Gasteiger partial charge >= 0.3 is 0 Å². The SMILES string of the molecule is Cc1noc(-c2ccccc2C(=O)N2CC[C@]3(CCOC3)C2)n1. The molecular weight excluding hydrogens is 294 g/mol. The number of carbonyl (C=O) groups is 1. The highest BCUT2D eigenvalue weighted by molar-refractivity contribution is 6.00. The summed E-state index contributed by atoms with van der Waals surface area (Å²) in [6.07, 6.45) is 2.06. The molecule has 2 aromatic rings. The van der Waals surface area contributed by atoms with E-state index in [0.717, 1.165) is 39.1 Å². The van der Waals surface area contributed by atoms with E-state index >= 15 is 0 Å². The van der Waals surface area contributed by atoms with Crippen molar-refractivity contribution >= 4 is 5.91 Å². The summed E-state index contributed by atoms with van der Waals surface area (Å²) in [6, 6.07) is 7.42. The number of aromatic nitrogens is 2. The van der Waals surface area contributed by atoms with Gasteiger partial charge in [-0.2, -0.15) is 4.98 Å². The van der Waals surface area contributed by atoms with Crippen LogP contribution in [0.2, 0.25) is 0 Å². The molecule has 4 rings (SSSR count). The van der Waals surface area contributed by atoms with Crippen molar-refractivity contribution < 1.29 is 14.1 Å². The number of aryl methyl sites for hydroxylation is 1. The number of carbonyl (C=O) groups excluding carboxylic acids is 1. The predicted octanol–water partition coefficient (Wildman–Crippen LogP) is 2.30. The van der Waals surface area contributed by atoms with Gasteiger partial charge in [0.15, 0.2) is 5.82 Å². The Morgan fingerprint density at radius 1 is 1.30 bits per heavy atom. The minimum absolute atomic E-state index is 0.0280. The van der Waals surface area contributed by atoms with Gasteiger partial charge in [-0.1, -0.05) is 17.3 Å². The summed E-state index contributed by atoms with van der Waals surface area (Å²) in [6.45, 7) is 4.88. The quantitative estimate of drug-likeness (QED) is 0.851. The number of rotatable bonds is 2. The fourth-order valence-electron chi connectivity index (χ4n) is 3.51. The van der Waals surface area contributed by atoms with Crippen molar-refractivity contribution in [3.05, 3.63) is 35.7 Å². The van der Waals surface area contributed by atoms with Gasteiger partial charge in [-0.15, -0.1) is 0 Å². The van der Waals surface area contributed by atoms with Gasteiger partial charge in [0.1, 0.15) is 0 Å². The normalized spacial score (nSPS) is 23.8. The van der Waals surface area contributed by atoms with Crippen LogP contribution < -0.4 is 0 Å². The molecule has 1 atom stereocenters. The van der Waals surface area contributed by atoms with Crippen molar-refractivity contribution in [2.45, 2.75) is 19.8 Å². The topological polar surface area (TPSA) is 68.5 Å². The maximum Gasteiger partial charge on any atom is 0.258 e. The lowest BCUT2D eigenvalue weighted by molar-refractivity contribution is 0.0766. The number of amides is 1. The first-order valence-electron chi connectivity index (χ1n) is 7.94. The zero-order valence-electron chi connectivity index (χ0n) is 13.1. The van der Waals surface area contributed by atoms with Crippen LogP contribution in [0.3, 0.4) is 0 Å². The van der Waals surface area contributed by atoms with Gasteiger partial charge in [-0.05, 0) is 31.9 Å². The van der Waals surface area contributed by atoms with Crippen molar-refractivity contribution in [2.75, 3.05) is 26.3 Å². The third kappa shape index (κ3) is 2.53. The zero-order chi connectivity index (χ0) is 15.9. The molecule has 3 heterocycles. The zero-order valence-corrected chi connectivity index (χ0v) is 13.1. The molecule has 2 aliphatic rings. The Kier molecular flexibility index (Phi) is 3.41. The summed E-state index contributed by atoms with van der Waals surface area (Å²) in [5.74, 6) is 0.982. The van der Waals surface area contributed by atoms with Gasteiger partial charge in [0.25, 0.3) is 11.8 Å². The van der Waals surface area contributed by atoms with Crippen LogP contribution in [0.5, 0.6) is 0 Å². The van der Waals surface area contributed by atoms with Crippen LogP contribution in [0.25, 0.3) is 11.5 Å². The maximum atomic E-state index is 13.0. The number of benzene rings is 1. The molecule has 0 unspecified atom stereocenters. The Morgan fingerprint density at radius 3 is 2.91 bits per heavy atom. The molecule has 2 saturated heterocycles. The third-order valence-electron chi connectivity index (χ3n) is 4.83. The number of ether oxygens (including phenoxy) is 1. The van der Waals surface area contributed by atoms with Crippen molar-refractivity contribution in [3.8, 4) is 11.5 Å². The molecule has 1 spiro atoms. The molecule has 0 N–H and O–H groups in total. The van der Waals surface area contributed by atoms with Crippen LogP contribution in [0.1, 0.15) is 29.0 Å². The molecule has 1 aromatic heterocycles. The number of hydrogen-bond acceptors (Lipinski definition) is 5. The van der Waals surface area contributed by atoms with Crippen LogP contribution in [0.4, 0.5) is 0 Å². The van der Waals surface area contributed by atoms with E-state index in [2.05, 4.69) is 10.1 Å². The highest BCUT2D eigenvalue weighted by Crippen LogP contribution is 2.39. The summed E-state index contributed by atoms with van der Waals surface area (Å²) in [7, 11) is 0. The molecule has 1 aromatic carbocycles. The molecule has 2 fully saturated rings. The van der Waals surface area contributed by atoms with E-state index < -0.39 is 0 Å². The maximum absolute atomic E-state index is 13.0. The summed E-state index contributed by atoms with van der Waals surface area (Å²) >= 11 is 0. The predicted molar refractivity (Wildman–Crippen MR) is 82.9 cm³/mol. The molecule has 0 aliphatic carbocycles. The molecule has 1 amide bonds. The van der Waals surface area contributed by atoms with E-state index in [1.54, 1.807) is 6.92 Å². The monoisotopic (exact) mass is 313 g/mol. The summed E-state index contributed by atoms with van der Waals surface area (Å²) in [5, 5.41) is 3.82. The van der Waals surface area contributed by atoms with Crippen molar-refractivity contribution in [3.63, 3.8) is 0 Å². The van der Waals surface area contributed by atoms with Gasteiger partial charge < -0.3 is 14.2 Å². The molecule has 6 heteroatoms. The van der Waals surface area contributed by atoms with E-state index in [4.69, 9.17) is 9.26 Å². The Hall–Kier alpha value is -2.21. The summed E-state index contributed by atoms with van der Waals surface area (Å²) in [4.78, 5) is 19.2. The Balaban J connectivity index is 1.62. The number of hydrogen-bond donors (Lipinski definition) is 0. The number of nitrogens with zero attached hydrogens (tertiary/aromatic N) is 3. The van der Waals surface area contributed by atoms with Crippen molar-refractivity contribution in [1.29, 1.82) is 0 Å². The van der Waals surface area contributed by atoms with E-state index in [1.807, 2.05) is 29.2 Å². The first-order chi connectivity index (χ1) is 11.2. The molecule has 6 nitrogen and oxygen atoms in total. The molecular formula is C17H19N3O3. The molecule has 0 bridgehead atoms. The van der Waals surface area contributed by atoms with Gasteiger partial charge in [0.2, 0.25) is 0 Å². The highest BCUT2D eigenvalue weighted by Gasteiger charge is 2.43.